The lowest BCUT2D eigenvalue weighted by atomic mass is 10.1. The van der Waals surface area contributed by atoms with Gasteiger partial charge in [-0.15, -0.1) is 10.2 Å². The lowest BCUT2D eigenvalue weighted by Crippen LogP contribution is -2.27. The zero-order valence-electron chi connectivity index (χ0n) is 16.0. The maximum Gasteiger partial charge on any atom is 0.249 e. The van der Waals surface area contributed by atoms with E-state index in [1.165, 1.54) is 5.56 Å². The van der Waals surface area contributed by atoms with Gasteiger partial charge in [-0.2, -0.15) is 0 Å². The molecule has 3 aromatic rings. The van der Waals surface area contributed by atoms with E-state index in [0.717, 1.165) is 41.2 Å². The summed E-state index contributed by atoms with van der Waals surface area (Å²) in [5.41, 5.74) is 5.16. The van der Waals surface area contributed by atoms with Crippen LogP contribution in [0.5, 0.6) is 0 Å². The highest BCUT2D eigenvalue weighted by atomic mass is 16.4. The molecule has 0 bridgehead atoms. The van der Waals surface area contributed by atoms with Crippen LogP contribution in [-0.4, -0.2) is 20.7 Å². The number of hydrogen-bond donors (Lipinski definition) is 1. The van der Waals surface area contributed by atoms with Crippen molar-refractivity contribution in [3.63, 3.8) is 0 Å². The number of nitrogens with one attached hydrogen (secondary N) is 1. The number of hydrogen-bond acceptors (Lipinski definition) is 4. The standard InChI is InChI=1S/C21H24N4O2/c1-13-4-6-16(7-5-13)11-22-19(26)12-25-14(2)10-18(15(25)3)21-24-23-20(27-21)17-8-9-17/h4-7,10,17H,8-9,11-12H2,1-3H3,(H,22,26). The fourth-order valence-corrected chi connectivity index (χ4v) is 3.21. The van der Waals surface area contributed by atoms with Gasteiger partial charge in [0.05, 0.1) is 5.56 Å². The van der Waals surface area contributed by atoms with Crippen molar-refractivity contribution in [3.05, 3.63) is 58.7 Å². The second-order valence-electron chi connectivity index (χ2n) is 7.35. The van der Waals surface area contributed by atoms with E-state index in [2.05, 4.69) is 22.4 Å². The molecule has 1 amide bonds. The topological polar surface area (TPSA) is 73.0 Å². The molecule has 0 saturated heterocycles. The fraction of sp³-hybridized carbons (Fsp3) is 0.381. The minimum absolute atomic E-state index is 0.0203. The molecule has 1 aliphatic carbocycles. The van der Waals surface area contributed by atoms with Crippen LogP contribution in [0.3, 0.4) is 0 Å². The molecule has 0 radical (unpaired) electrons. The van der Waals surface area contributed by atoms with E-state index in [1.807, 2.05) is 48.7 Å². The molecule has 4 rings (SSSR count). The first-order valence-corrected chi connectivity index (χ1v) is 9.34. The van der Waals surface area contributed by atoms with E-state index in [-0.39, 0.29) is 12.5 Å². The van der Waals surface area contributed by atoms with E-state index in [0.29, 0.717) is 18.4 Å². The Morgan fingerprint density at radius 1 is 1.19 bits per heavy atom. The first-order chi connectivity index (χ1) is 13.0. The average Bonchev–Trinajstić information content (AvgIpc) is 3.33. The second kappa shape index (κ2) is 7.02. The van der Waals surface area contributed by atoms with Crippen LogP contribution in [0.4, 0.5) is 0 Å². The van der Waals surface area contributed by atoms with Crippen LogP contribution in [0.15, 0.2) is 34.7 Å². The third-order valence-electron chi connectivity index (χ3n) is 5.08. The van der Waals surface area contributed by atoms with E-state index < -0.39 is 0 Å². The number of carbonyl (C=O) groups is 1. The number of aryl methyl sites for hydroxylation is 2. The van der Waals surface area contributed by atoms with E-state index in [1.54, 1.807) is 0 Å². The van der Waals surface area contributed by atoms with Crippen molar-refractivity contribution >= 4 is 5.91 Å². The summed E-state index contributed by atoms with van der Waals surface area (Å²) >= 11 is 0. The Morgan fingerprint density at radius 3 is 2.63 bits per heavy atom. The van der Waals surface area contributed by atoms with Crippen molar-refractivity contribution in [1.82, 2.24) is 20.1 Å². The monoisotopic (exact) mass is 364 g/mol. The Morgan fingerprint density at radius 2 is 1.93 bits per heavy atom. The number of benzene rings is 1. The summed E-state index contributed by atoms with van der Waals surface area (Å²) in [6, 6.07) is 10.2. The molecule has 2 aromatic heterocycles. The van der Waals surface area contributed by atoms with Gasteiger partial charge in [-0.05, 0) is 45.2 Å². The Labute approximate surface area is 158 Å². The summed E-state index contributed by atoms with van der Waals surface area (Å²) in [6.45, 7) is 6.82. The van der Waals surface area contributed by atoms with Gasteiger partial charge >= 0.3 is 0 Å². The number of nitrogens with zero attached hydrogens (tertiary/aromatic N) is 3. The highest BCUT2D eigenvalue weighted by Crippen LogP contribution is 2.40. The molecule has 1 saturated carbocycles. The summed E-state index contributed by atoms with van der Waals surface area (Å²) in [4.78, 5) is 12.4. The Balaban J connectivity index is 1.44. The molecule has 6 heteroatoms. The average molecular weight is 364 g/mol. The normalized spacial score (nSPS) is 13.7. The summed E-state index contributed by atoms with van der Waals surface area (Å²) in [6.07, 6.45) is 2.25. The Hall–Kier alpha value is -2.89. The zero-order chi connectivity index (χ0) is 19.0. The van der Waals surface area contributed by atoms with Gasteiger partial charge < -0.3 is 14.3 Å². The Kier molecular flexibility index (Phi) is 4.56. The lowest BCUT2D eigenvalue weighted by molar-refractivity contribution is -0.121. The molecular formula is C21H24N4O2. The summed E-state index contributed by atoms with van der Waals surface area (Å²) in [7, 11) is 0. The molecule has 27 heavy (non-hydrogen) atoms. The third kappa shape index (κ3) is 3.79. The van der Waals surface area contributed by atoms with Crippen LogP contribution < -0.4 is 5.32 Å². The largest absolute Gasteiger partial charge is 0.420 e. The predicted octanol–water partition coefficient (Wildman–Crippen LogP) is 3.66. The van der Waals surface area contributed by atoms with Gasteiger partial charge in [0.1, 0.15) is 6.54 Å². The van der Waals surface area contributed by atoms with E-state index >= 15 is 0 Å². The highest BCUT2D eigenvalue weighted by molar-refractivity contribution is 5.76. The lowest BCUT2D eigenvalue weighted by Gasteiger charge is -2.10. The maximum absolute atomic E-state index is 12.4. The molecule has 1 aliphatic rings. The minimum Gasteiger partial charge on any atom is -0.420 e. The molecule has 1 aromatic carbocycles. The first kappa shape index (κ1) is 17.5. The van der Waals surface area contributed by atoms with E-state index in [4.69, 9.17) is 4.42 Å². The van der Waals surface area contributed by atoms with Gasteiger partial charge in [-0.3, -0.25) is 4.79 Å². The van der Waals surface area contributed by atoms with Gasteiger partial charge in [-0.25, -0.2) is 0 Å². The molecule has 2 heterocycles. The molecule has 0 atom stereocenters. The zero-order valence-corrected chi connectivity index (χ0v) is 16.0. The van der Waals surface area contributed by atoms with Crippen molar-refractivity contribution in [2.45, 2.75) is 52.6 Å². The van der Waals surface area contributed by atoms with Crippen LogP contribution in [0, 0.1) is 20.8 Å². The van der Waals surface area contributed by atoms with E-state index in [9.17, 15) is 4.79 Å². The highest BCUT2D eigenvalue weighted by Gasteiger charge is 2.30. The molecule has 6 nitrogen and oxygen atoms in total. The van der Waals surface area contributed by atoms with Crippen molar-refractivity contribution in [3.8, 4) is 11.5 Å². The predicted molar refractivity (Wildman–Crippen MR) is 102 cm³/mol. The molecule has 1 N–H and O–H groups in total. The molecule has 0 aliphatic heterocycles. The number of carbonyl (C=O) groups excluding carboxylic acids is 1. The molecule has 1 fully saturated rings. The van der Waals surface area contributed by atoms with Gasteiger partial charge in [0, 0.05) is 23.9 Å². The quantitative estimate of drug-likeness (QED) is 0.724. The number of rotatable bonds is 6. The van der Waals surface area contributed by atoms with Crippen LogP contribution in [0.25, 0.3) is 11.5 Å². The Bertz CT molecular complexity index is 965. The van der Waals surface area contributed by atoms with Gasteiger partial charge in [-0.1, -0.05) is 29.8 Å². The minimum atomic E-state index is -0.0203. The molecule has 0 spiro atoms. The number of aromatic nitrogens is 3. The van der Waals surface area contributed by atoms with Crippen molar-refractivity contribution < 1.29 is 9.21 Å². The maximum atomic E-state index is 12.4. The SMILES string of the molecule is Cc1ccc(CNC(=O)Cn2c(C)cc(-c3nnc(C4CC4)o3)c2C)cc1. The van der Waals surface area contributed by atoms with Gasteiger partial charge in [0.2, 0.25) is 17.7 Å². The molecule has 0 unspecified atom stereocenters. The smallest absolute Gasteiger partial charge is 0.249 e. The van der Waals surface area contributed by atoms with Gasteiger partial charge in [0.15, 0.2) is 0 Å². The number of amides is 1. The van der Waals surface area contributed by atoms with Crippen LogP contribution in [0.1, 0.15) is 47.2 Å². The summed E-state index contributed by atoms with van der Waals surface area (Å²) < 4.78 is 7.81. The van der Waals surface area contributed by atoms with Crippen LogP contribution >= 0.6 is 0 Å². The van der Waals surface area contributed by atoms with Gasteiger partial charge in [0.25, 0.3) is 0 Å². The summed E-state index contributed by atoms with van der Waals surface area (Å²) in [5, 5.41) is 11.3. The van der Waals surface area contributed by atoms with Crippen molar-refractivity contribution in [2.75, 3.05) is 0 Å². The third-order valence-corrected chi connectivity index (χ3v) is 5.08. The van der Waals surface area contributed by atoms with Crippen LogP contribution in [-0.2, 0) is 17.9 Å². The summed E-state index contributed by atoms with van der Waals surface area (Å²) in [5.74, 6) is 1.68. The second-order valence-corrected chi connectivity index (χ2v) is 7.35. The molecule has 140 valence electrons. The van der Waals surface area contributed by atoms with Crippen molar-refractivity contribution in [1.29, 1.82) is 0 Å². The van der Waals surface area contributed by atoms with Crippen molar-refractivity contribution in [2.24, 2.45) is 0 Å². The molecular weight excluding hydrogens is 340 g/mol. The fourth-order valence-electron chi connectivity index (χ4n) is 3.21. The first-order valence-electron chi connectivity index (χ1n) is 9.34. The van der Waals surface area contributed by atoms with Crippen LogP contribution in [0.2, 0.25) is 0 Å².